The summed E-state index contributed by atoms with van der Waals surface area (Å²) < 4.78 is 22.9. The van der Waals surface area contributed by atoms with Crippen LogP contribution < -0.4 is 5.32 Å². The lowest BCUT2D eigenvalue weighted by Gasteiger charge is -2.25. The molecule has 2 heterocycles. The molecule has 2 rings (SSSR count). The van der Waals surface area contributed by atoms with Crippen molar-refractivity contribution in [2.45, 2.75) is 25.4 Å². The van der Waals surface area contributed by atoms with E-state index in [2.05, 4.69) is 10.3 Å². The number of pyridine rings is 1. The van der Waals surface area contributed by atoms with Crippen LogP contribution in [0, 0.1) is 0 Å². The molecule has 1 saturated heterocycles. The minimum Gasteiger partial charge on any atom is -0.331 e. The zero-order valence-electron chi connectivity index (χ0n) is 11.6. The van der Waals surface area contributed by atoms with E-state index in [9.17, 15) is 13.2 Å². The largest absolute Gasteiger partial charge is 0.331 e. The molecular weight excluding hydrogens is 278 g/mol. The van der Waals surface area contributed by atoms with Gasteiger partial charge in [-0.3, -0.25) is 4.98 Å². The predicted octanol–water partition coefficient (Wildman–Crippen LogP) is 0.971. The summed E-state index contributed by atoms with van der Waals surface area (Å²) in [5, 5.41) is 2.85. The number of nitrogens with one attached hydrogen (secondary N) is 1. The van der Waals surface area contributed by atoms with E-state index in [1.165, 1.54) is 4.90 Å². The molecule has 0 aliphatic carbocycles. The number of hydrogen-bond acceptors (Lipinski definition) is 4. The third-order valence-electron chi connectivity index (χ3n) is 3.60. The Labute approximate surface area is 119 Å². The average Bonchev–Trinajstić information content (AvgIpc) is 2.79. The summed E-state index contributed by atoms with van der Waals surface area (Å²) >= 11 is 0. The predicted molar refractivity (Wildman–Crippen MR) is 76.0 cm³/mol. The molecule has 7 heteroatoms. The number of urea groups is 1. The lowest BCUT2D eigenvalue weighted by atomic mass is 10.1. The Balaban J connectivity index is 1.95. The lowest BCUT2D eigenvalue weighted by Crippen LogP contribution is -2.44. The van der Waals surface area contributed by atoms with Crippen LogP contribution in [0.2, 0.25) is 0 Å². The van der Waals surface area contributed by atoms with Crippen LogP contribution in [0.3, 0.4) is 0 Å². The van der Waals surface area contributed by atoms with Crippen molar-refractivity contribution in [2.75, 3.05) is 18.6 Å². The van der Waals surface area contributed by atoms with E-state index in [0.29, 0.717) is 6.42 Å². The summed E-state index contributed by atoms with van der Waals surface area (Å²) in [5.41, 5.74) is 0.910. The van der Waals surface area contributed by atoms with Gasteiger partial charge in [0.25, 0.3) is 0 Å². The van der Waals surface area contributed by atoms with Crippen molar-refractivity contribution in [3.63, 3.8) is 0 Å². The number of amides is 2. The molecule has 0 saturated carbocycles. The molecule has 20 heavy (non-hydrogen) atoms. The third kappa shape index (κ3) is 3.47. The first-order chi connectivity index (χ1) is 9.39. The van der Waals surface area contributed by atoms with Crippen LogP contribution in [0.15, 0.2) is 24.5 Å². The van der Waals surface area contributed by atoms with Crippen LogP contribution in [0.4, 0.5) is 4.79 Å². The van der Waals surface area contributed by atoms with Gasteiger partial charge < -0.3 is 10.2 Å². The highest BCUT2D eigenvalue weighted by Crippen LogP contribution is 2.17. The van der Waals surface area contributed by atoms with Gasteiger partial charge in [0.2, 0.25) is 0 Å². The minimum absolute atomic E-state index is 0.0538. The Morgan fingerprint density at radius 3 is 2.85 bits per heavy atom. The molecule has 6 nitrogen and oxygen atoms in total. The number of aromatic nitrogens is 1. The summed E-state index contributed by atoms with van der Waals surface area (Å²) in [6.07, 6.45) is 3.88. The fraction of sp³-hybridized carbons (Fsp3) is 0.538. The van der Waals surface area contributed by atoms with Gasteiger partial charge in [-0.25, -0.2) is 13.2 Å². The third-order valence-corrected chi connectivity index (χ3v) is 5.35. The van der Waals surface area contributed by atoms with Gasteiger partial charge in [-0.1, -0.05) is 6.07 Å². The van der Waals surface area contributed by atoms with E-state index < -0.39 is 9.84 Å². The molecule has 2 unspecified atom stereocenters. The number of carbonyl (C=O) groups is 1. The Bertz CT molecular complexity index is 574. The Morgan fingerprint density at radius 2 is 2.30 bits per heavy atom. The molecule has 2 atom stereocenters. The van der Waals surface area contributed by atoms with E-state index in [1.54, 1.807) is 19.4 Å². The molecule has 1 N–H and O–H groups in total. The van der Waals surface area contributed by atoms with Crippen molar-refractivity contribution in [2.24, 2.45) is 0 Å². The lowest BCUT2D eigenvalue weighted by molar-refractivity contribution is 0.192. The average molecular weight is 297 g/mol. The van der Waals surface area contributed by atoms with Crippen molar-refractivity contribution < 1.29 is 13.2 Å². The fourth-order valence-electron chi connectivity index (χ4n) is 2.25. The van der Waals surface area contributed by atoms with E-state index >= 15 is 0 Å². The monoisotopic (exact) mass is 297 g/mol. The van der Waals surface area contributed by atoms with Crippen LogP contribution in [0.1, 0.15) is 24.9 Å². The summed E-state index contributed by atoms with van der Waals surface area (Å²) in [4.78, 5) is 17.6. The van der Waals surface area contributed by atoms with E-state index in [-0.39, 0.29) is 29.6 Å². The minimum atomic E-state index is -2.99. The molecule has 0 aromatic carbocycles. The van der Waals surface area contributed by atoms with Crippen molar-refractivity contribution in [3.05, 3.63) is 30.1 Å². The van der Waals surface area contributed by atoms with Crippen LogP contribution in [0.5, 0.6) is 0 Å². The van der Waals surface area contributed by atoms with Gasteiger partial charge in [-0.15, -0.1) is 0 Å². The number of hydrogen-bond donors (Lipinski definition) is 1. The second-order valence-corrected chi connectivity index (χ2v) is 7.35. The van der Waals surface area contributed by atoms with Crippen molar-refractivity contribution in [1.82, 2.24) is 15.2 Å². The highest BCUT2D eigenvalue weighted by atomic mass is 32.2. The zero-order valence-corrected chi connectivity index (χ0v) is 12.4. The quantitative estimate of drug-likeness (QED) is 0.901. The number of carbonyl (C=O) groups excluding carboxylic acids is 1. The maximum atomic E-state index is 12.1. The van der Waals surface area contributed by atoms with Crippen LogP contribution in [0.25, 0.3) is 0 Å². The molecule has 1 fully saturated rings. The zero-order chi connectivity index (χ0) is 14.8. The first-order valence-corrected chi connectivity index (χ1v) is 8.35. The molecule has 110 valence electrons. The van der Waals surface area contributed by atoms with Crippen LogP contribution in [-0.4, -0.2) is 48.9 Å². The SMILES string of the molecule is CC(NC(=O)N(C)C1CCS(=O)(=O)C1)c1cccnc1. The normalized spacial score (nSPS) is 22.2. The summed E-state index contributed by atoms with van der Waals surface area (Å²) in [5.74, 6) is 0.214. The topological polar surface area (TPSA) is 79.4 Å². The van der Waals surface area contributed by atoms with Gasteiger partial charge in [0, 0.05) is 25.5 Å². The van der Waals surface area contributed by atoms with Gasteiger partial charge in [-0.2, -0.15) is 0 Å². The number of sulfone groups is 1. The smallest absolute Gasteiger partial charge is 0.317 e. The first kappa shape index (κ1) is 14.8. The summed E-state index contributed by atoms with van der Waals surface area (Å²) in [6, 6.07) is 3.03. The molecule has 1 aliphatic rings. The molecule has 0 spiro atoms. The molecule has 0 bridgehead atoms. The first-order valence-electron chi connectivity index (χ1n) is 6.53. The summed E-state index contributed by atoms with van der Waals surface area (Å²) in [7, 11) is -1.35. The highest BCUT2D eigenvalue weighted by molar-refractivity contribution is 7.91. The maximum Gasteiger partial charge on any atom is 0.317 e. The van der Waals surface area contributed by atoms with Gasteiger partial charge in [0.1, 0.15) is 0 Å². The fourth-order valence-corrected chi connectivity index (χ4v) is 4.02. The number of nitrogens with zero attached hydrogens (tertiary/aromatic N) is 2. The van der Waals surface area contributed by atoms with Gasteiger partial charge >= 0.3 is 6.03 Å². The molecule has 0 radical (unpaired) electrons. The molecule has 1 aromatic rings. The molecule has 2 amide bonds. The van der Waals surface area contributed by atoms with Gasteiger partial charge in [0.05, 0.1) is 17.5 Å². The van der Waals surface area contributed by atoms with Crippen molar-refractivity contribution in [3.8, 4) is 0 Å². The second kappa shape index (κ2) is 5.78. The standard InChI is InChI=1S/C13H19N3O3S/c1-10(11-4-3-6-14-8-11)15-13(17)16(2)12-5-7-20(18,19)9-12/h3-4,6,8,10,12H,5,7,9H2,1-2H3,(H,15,17). The maximum absolute atomic E-state index is 12.1. The molecule has 1 aromatic heterocycles. The second-order valence-electron chi connectivity index (χ2n) is 5.13. The van der Waals surface area contributed by atoms with Crippen LogP contribution >= 0.6 is 0 Å². The Kier molecular flexibility index (Phi) is 4.27. The van der Waals surface area contributed by atoms with E-state index in [4.69, 9.17) is 0 Å². The Morgan fingerprint density at radius 1 is 1.55 bits per heavy atom. The molecule has 1 aliphatic heterocycles. The molecular formula is C13H19N3O3S. The van der Waals surface area contributed by atoms with E-state index in [0.717, 1.165) is 5.56 Å². The van der Waals surface area contributed by atoms with E-state index in [1.807, 2.05) is 19.1 Å². The van der Waals surface area contributed by atoms with Gasteiger partial charge in [0.15, 0.2) is 9.84 Å². The number of rotatable bonds is 3. The van der Waals surface area contributed by atoms with Gasteiger partial charge in [-0.05, 0) is 25.0 Å². The summed E-state index contributed by atoms with van der Waals surface area (Å²) in [6.45, 7) is 1.87. The van der Waals surface area contributed by atoms with Crippen molar-refractivity contribution in [1.29, 1.82) is 0 Å². The highest BCUT2D eigenvalue weighted by Gasteiger charge is 2.33. The van der Waals surface area contributed by atoms with Crippen LogP contribution in [-0.2, 0) is 9.84 Å². The van der Waals surface area contributed by atoms with Crippen molar-refractivity contribution >= 4 is 15.9 Å². The Hall–Kier alpha value is -1.63.